The summed E-state index contributed by atoms with van der Waals surface area (Å²) in [5.74, 6) is -0.471. The highest BCUT2D eigenvalue weighted by atomic mass is 16.4. The van der Waals surface area contributed by atoms with E-state index in [4.69, 9.17) is 5.11 Å². The maximum absolute atomic E-state index is 10.4. The maximum atomic E-state index is 10.4. The first-order chi connectivity index (χ1) is 8.50. The Hall–Kier alpha value is -1.55. The molecule has 4 heteroatoms. The van der Waals surface area contributed by atoms with Gasteiger partial charge >= 0.3 is 5.97 Å². The van der Waals surface area contributed by atoms with Crippen LogP contribution < -0.4 is 5.32 Å². The summed E-state index contributed by atoms with van der Waals surface area (Å²) < 4.78 is 0. The number of benzene rings is 1. The lowest BCUT2D eigenvalue weighted by Crippen LogP contribution is -2.21. The Morgan fingerprint density at radius 1 is 1.33 bits per heavy atom. The molecule has 0 fully saturated rings. The average molecular weight is 251 g/mol. The zero-order valence-corrected chi connectivity index (χ0v) is 10.9. The van der Waals surface area contributed by atoms with Crippen molar-refractivity contribution in [2.75, 3.05) is 11.9 Å². The molecular weight excluding hydrogens is 230 g/mol. The van der Waals surface area contributed by atoms with Gasteiger partial charge in [-0.3, -0.25) is 4.79 Å². The highest BCUT2D eigenvalue weighted by Crippen LogP contribution is 2.23. The molecule has 1 unspecified atom stereocenters. The van der Waals surface area contributed by atoms with Crippen LogP contribution in [0.2, 0.25) is 0 Å². The Morgan fingerprint density at radius 3 is 2.61 bits per heavy atom. The molecule has 0 aliphatic rings. The van der Waals surface area contributed by atoms with Crippen molar-refractivity contribution in [3.8, 4) is 0 Å². The Bertz CT molecular complexity index is 390. The number of carboxylic acids is 1. The molecule has 1 aromatic rings. The summed E-state index contributed by atoms with van der Waals surface area (Å²) in [4.78, 5) is 10.4. The maximum Gasteiger partial charge on any atom is 0.303 e. The van der Waals surface area contributed by atoms with Gasteiger partial charge in [0.05, 0.1) is 6.10 Å². The van der Waals surface area contributed by atoms with Crippen LogP contribution in [0.15, 0.2) is 24.3 Å². The highest BCUT2D eigenvalue weighted by Gasteiger charge is 2.09. The summed E-state index contributed by atoms with van der Waals surface area (Å²) in [6.45, 7) is 4.60. The van der Waals surface area contributed by atoms with Crippen LogP contribution >= 0.6 is 0 Å². The van der Waals surface area contributed by atoms with Crippen LogP contribution in [0, 0.1) is 0 Å². The number of anilines is 1. The summed E-state index contributed by atoms with van der Waals surface area (Å²) in [6.07, 6.45) is -0.373. The van der Waals surface area contributed by atoms with E-state index in [2.05, 4.69) is 25.2 Å². The molecule has 0 spiro atoms. The van der Waals surface area contributed by atoms with E-state index in [0.29, 0.717) is 12.5 Å². The second-order valence-electron chi connectivity index (χ2n) is 4.71. The first-order valence-electron chi connectivity index (χ1n) is 6.23. The highest BCUT2D eigenvalue weighted by molar-refractivity contribution is 5.66. The molecule has 1 atom stereocenters. The SMILES string of the molecule is CC(C)c1ccccc1NCC(O)CCC(=O)O. The Kier molecular flexibility index (Phi) is 5.65. The van der Waals surface area contributed by atoms with Crippen LogP contribution in [-0.4, -0.2) is 28.8 Å². The van der Waals surface area contributed by atoms with Gasteiger partial charge in [0.15, 0.2) is 0 Å². The topological polar surface area (TPSA) is 69.6 Å². The molecule has 100 valence electrons. The van der Waals surface area contributed by atoms with Crippen molar-refractivity contribution in [1.29, 1.82) is 0 Å². The summed E-state index contributed by atoms with van der Waals surface area (Å²) in [5, 5.41) is 21.4. The number of hydrogen-bond donors (Lipinski definition) is 3. The normalized spacial score (nSPS) is 12.4. The summed E-state index contributed by atoms with van der Waals surface area (Å²) in [5.41, 5.74) is 2.20. The standard InChI is InChI=1S/C14H21NO3/c1-10(2)12-5-3-4-6-13(12)15-9-11(16)7-8-14(17)18/h3-6,10-11,15-16H,7-9H2,1-2H3,(H,17,18). The molecule has 0 aliphatic carbocycles. The lowest BCUT2D eigenvalue weighted by Gasteiger charge is -2.16. The van der Waals surface area contributed by atoms with Crippen molar-refractivity contribution in [2.24, 2.45) is 0 Å². The quantitative estimate of drug-likeness (QED) is 0.696. The molecule has 0 aliphatic heterocycles. The molecule has 0 radical (unpaired) electrons. The summed E-state index contributed by atoms with van der Waals surface area (Å²) in [7, 11) is 0. The van der Waals surface area contributed by atoms with Gasteiger partial charge in [-0.1, -0.05) is 32.0 Å². The Morgan fingerprint density at radius 2 is 2.00 bits per heavy atom. The predicted octanol–water partition coefficient (Wildman–Crippen LogP) is 2.45. The van der Waals surface area contributed by atoms with Gasteiger partial charge in [0.2, 0.25) is 0 Å². The van der Waals surface area contributed by atoms with Gasteiger partial charge < -0.3 is 15.5 Å². The third-order valence-corrected chi connectivity index (χ3v) is 2.80. The molecule has 1 rings (SSSR count). The van der Waals surface area contributed by atoms with E-state index in [-0.39, 0.29) is 12.8 Å². The number of rotatable bonds is 7. The van der Waals surface area contributed by atoms with Gasteiger partial charge in [-0.25, -0.2) is 0 Å². The molecule has 0 aromatic heterocycles. The second-order valence-corrected chi connectivity index (χ2v) is 4.71. The fourth-order valence-electron chi connectivity index (χ4n) is 1.78. The van der Waals surface area contributed by atoms with E-state index in [0.717, 1.165) is 5.69 Å². The number of aliphatic carboxylic acids is 1. The molecule has 1 aromatic carbocycles. The Labute approximate surface area is 108 Å². The van der Waals surface area contributed by atoms with Gasteiger partial charge in [0, 0.05) is 18.7 Å². The van der Waals surface area contributed by atoms with Gasteiger partial charge in [0.25, 0.3) is 0 Å². The fraction of sp³-hybridized carbons (Fsp3) is 0.500. The lowest BCUT2D eigenvalue weighted by atomic mass is 10.0. The predicted molar refractivity (Wildman–Crippen MR) is 71.9 cm³/mol. The van der Waals surface area contributed by atoms with Crippen molar-refractivity contribution in [3.63, 3.8) is 0 Å². The molecular formula is C14H21NO3. The minimum atomic E-state index is -0.878. The number of carboxylic acid groups (broad SMARTS) is 1. The molecule has 0 bridgehead atoms. The van der Waals surface area contributed by atoms with Crippen molar-refractivity contribution in [3.05, 3.63) is 29.8 Å². The van der Waals surface area contributed by atoms with E-state index in [1.165, 1.54) is 5.56 Å². The number of aliphatic hydroxyl groups is 1. The van der Waals surface area contributed by atoms with Crippen LogP contribution in [0.1, 0.15) is 38.2 Å². The minimum absolute atomic E-state index is 0.00528. The first-order valence-corrected chi connectivity index (χ1v) is 6.23. The number of carbonyl (C=O) groups is 1. The number of nitrogens with one attached hydrogen (secondary N) is 1. The van der Waals surface area contributed by atoms with Crippen LogP contribution in [0.4, 0.5) is 5.69 Å². The van der Waals surface area contributed by atoms with E-state index in [1.54, 1.807) is 0 Å². The van der Waals surface area contributed by atoms with Gasteiger partial charge in [-0.15, -0.1) is 0 Å². The van der Waals surface area contributed by atoms with Gasteiger partial charge in [-0.05, 0) is 24.0 Å². The van der Waals surface area contributed by atoms with Crippen LogP contribution in [0.5, 0.6) is 0 Å². The van der Waals surface area contributed by atoms with Crippen LogP contribution in [0.3, 0.4) is 0 Å². The van der Waals surface area contributed by atoms with Gasteiger partial charge in [-0.2, -0.15) is 0 Å². The smallest absolute Gasteiger partial charge is 0.303 e. The number of aliphatic hydroxyl groups excluding tert-OH is 1. The number of hydrogen-bond acceptors (Lipinski definition) is 3. The van der Waals surface area contributed by atoms with Crippen molar-refractivity contribution in [1.82, 2.24) is 0 Å². The van der Waals surface area contributed by atoms with E-state index >= 15 is 0 Å². The monoisotopic (exact) mass is 251 g/mol. The molecule has 4 nitrogen and oxygen atoms in total. The van der Waals surface area contributed by atoms with Crippen molar-refractivity contribution < 1.29 is 15.0 Å². The van der Waals surface area contributed by atoms with Crippen LogP contribution in [-0.2, 0) is 4.79 Å². The number of para-hydroxylation sites is 1. The molecule has 0 amide bonds. The fourth-order valence-corrected chi connectivity index (χ4v) is 1.78. The first kappa shape index (κ1) is 14.5. The van der Waals surface area contributed by atoms with Crippen molar-refractivity contribution in [2.45, 2.75) is 38.7 Å². The average Bonchev–Trinajstić information content (AvgIpc) is 2.34. The van der Waals surface area contributed by atoms with Crippen molar-refractivity contribution >= 4 is 11.7 Å². The van der Waals surface area contributed by atoms with Gasteiger partial charge in [0.1, 0.15) is 0 Å². The third kappa shape index (κ3) is 4.75. The largest absolute Gasteiger partial charge is 0.481 e. The molecule has 0 saturated carbocycles. The van der Waals surface area contributed by atoms with E-state index in [9.17, 15) is 9.90 Å². The molecule has 3 N–H and O–H groups in total. The second kappa shape index (κ2) is 7.01. The third-order valence-electron chi connectivity index (χ3n) is 2.80. The lowest BCUT2D eigenvalue weighted by molar-refractivity contribution is -0.137. The molecule has 18 heavy (non-hydrogen) atoms. The Balaban J connectivity index is 2.50. The van der Waals surface area contributed by atoms with E-state index < -0.39 is 12.1 Å². The minimum Gasteiger partial charge on any atom is -0.481 e. The molecule has 0 heterocycles. The zero-order valence-electron chi connectivity index (χ0n) is 10.9. The summed E-state index contributed by atoms with van der Waals surface area (Å²) >= 11 is 0. The summed E-state index contributed by atoms with van der Waals surface area (Å²) in [6, 6.07) is 7.95. The van der Waals surface area contributed by atoms with E-state index in [1.807, 2.05) is 18.2 Å². The van der Waals surface area contributed by atoms with Crippen LogP contribution in [0.25, 0.3) is 0 Å². The molecule has 0 saturated heterocycles. The zero-order chi connectivity index (χ0) is 13.5.